The third kappa shape index (κ3) is 6.37. The van der Waals surface area contributed by atoms with E-state index in [0.29, 0.717) is 15.9 Å². The number of carbonyl (C=O) groups excluding carboxylic acids is 2. The van der Waals surface area contributed by atoms with Gasteiger partial charge in [-0.15, -0.1) is 0 Å². The number of halogens is 2. The number of rotatable bonds is 8. The molecular formula is C19H23Cl2N5O2. The van der Waals surface area contributed by atoms with Gasteiger partial charge < -0.3 is 21.7 Å². The highest BCUT2D eigenvalue weighted by molar-refractivity contribution is 6.42. The SMILES string of the molecule is CNC(C)C(=O)N[C@@H](Cc1ccc(Cl)c(Cl)c1)C(=O)NCc1ccc(N)nc1. The predicted molar refractivity (Wildman–Crippen MR) is 111 cm³/mol. The fourth-order valence-corrected chi connectivity index (χ4v) is 2.71. The maximum atomic E-state index is 12.7. The smallest absolute Gasteiger partial charge is 0.243 e. The summed E-state index contributed by atoms with van der Waals surface area (Å²) in [7, 11) is 1.67. The average molecular weight is 424 g/mol. The first-order chi connectivity index (χ1) is 13.3. The summed E-state index contributed by atoms with van der Waals surface area (Å²) < 4.78 is 0. The highest BCUT2D eigenvalue weighted by Crippen LogP contribution is 2.23. The minimum absolute atomic E-state index is 0.265. The molecule has 0 saturated carbocycles. The zero-order chi connectivity index (χ0) is 20.7. The van der Waals surface area contributed by atoms with E-state index in [1.807, 2.05) is 0 Å². The number of carbonyl (C=O) groups is 2. The number of nitrogens with zero attached hydrogens (tertiary/aromatic N) is 1. The molecule has 7 nitrogen and oxygen atoms in total. The minimum Gasteiger partial charge on any atom is -0.384 e. The Labute approximate surface area is 174 Å². The molecule has 5 N–H and O–H groups in total. The number of hydrogen-bond acceptors (Lipinski definition) is 5. The van der Waals surface area contributed by atoms with Crippen LogP contribution in [0.15, 0.2) is 36.5 Å². The van der Waals surface area contributed by atoms with Crippen molar-refractivity contribution in [3.63, 3.8) is 0 Å². The number of hydrogen-bond donors (Lipinski definition) is 4. The lowest BCUT2D eigenvalue weighted by Crippen LogP contribution is -2.52. The third-order valence-electron chi connectivity index (χ3n) is 4.20. The molecule has 1 unspecified atom stereocenters. The molecule has 2 atom stereocenters. The van der Waals surface area contributed by atoms with Crippen molar-refractivity contribution >= 4 is 40.8 Å². The highest BCUT2D eigenvalue weighted by atomic mass is 35.5. The van der Waals surface area contributed by atoms with Crippen LogP contribution in [-0.4, -0.2) is 35.9 Å². The molecule has 1 heterocycles. The van der Waals surface area contributed by atoms with Gasteiger partial charge in [0.2, 0.25) is 11.8 Å². The Hall–Kier alpha value is -2.35. The topological polar surface area (TPSA) is 109 Å². The monoisotopic (exact) mass is 423 g/mol. The van der Waals surface area contributed by atoms with Gasteiger partial charge in [0.05, 0.1) is 16.1 Å². The lowest BCUT2D eigenvalue weighted by Gasteiger charge is -2.21. The molecule has 0 aliphatic heterocycles. The van der Waals surface area contributed by atoms with Crippen molar-refractivity contribution in [1.29, 1.82) is 0 Å². The second kappa shape index (κ2) is 10.3. The fourth-order valence-electron chi connectivity index (χ4n) is 2.39. The van der Waals surface area contributed by atoms with Gasteiger partial charge in [0, 0.05) is 19.2 Å². The molecule has 150 valence electrons. The third-order valence-corrected chi connectivity index (χ3v) is 4.94. The van der Waals surface area contributed by atoms with Crippen LogP contribution in [0.2, 0.25) is 10.0 Å². The molecule has 9 heteroatoms. The number of pyridine rings is 1. The first kappa shape index (κ1) is 21.9. The van der Waals surface area contributed by atoms with Crippen LogP contribution in [0.3, 0.4) is 0 Å². The molecule has 0 aliphatic carbocycles. The molecule has 2 aromatic rings. The number of nitrogens with one attached hydrogen (secondary N) is 3. The van der Waals surface area contributed by atoms with Crippen molar-refractivity contribution < 1.29 is 9.59 Å². The summed E-state index contributed by atoms with van der Waals surface area (Å²) in [6, 6.07) is 7.33. The van der Waals surface area contributed by atoms with E-state index in [0.717, 1.165) is 11.1 Å². The number of likely N-dealkylation sites (N-methyl/N-ethyl adjacent to an activating group) is 1. The van der Waals surface area contributed by atoms with E-state index in [2.05, 4.69) is 20.9 Å². The molecule has 1 aromatic heterocycles. The van der Waals surface area contributed by atoms with Crippen molar-refractivity contribution in [2.75, 3.05) is 12.8 Å². The summed E-state index contributed by atoms with van der Waals surface area (Å²) in [5, 5.41) is 9.25. The Morgan fingerprint density at radius 1 is 1.11 bits per heavy atom. The maximum Gasteiger partial charge on any atom is 0.243 e. The minimum atomic E-state index is -0.776. The molecule has 2 amide bonds. The van der Waals surface area contributed by atoms with Crippen LogP contribution in [0.25, 0.3) is 0 Å². The van der Waals surface area contributed by atoms with E-state index in [4.69, 9.17) is 28.9 Å². The number of nitrogens with two attached hydrogens (primary N) is 1. The Bertz CT molecular complexity index is 830. The molecule has 28 heavy (non-hydrogen) atoms. The van der Waals surface area contributed by atoms with Gasteiger partial charge in [-0.2, -0.15) is 0 Å². The summed E-state index contributed by atoms with van der Waals surface area (Å²) in [6.07, 6.45) is 1.86. The van der Waals surface area contributed by atoms with Crippen molar-refractivity contribution in [3.05, 3.63) is 57.7 Å². The zero-order valence-corrected chi connectivity index (χ0v) is 17.1. The standard InChI is InChI=1S/C19H23Cl2N5O2/c1-11(23-2)18(27)26-16(8-12-3-5-14(20)15(21)7-12)19(28)25-10-13-4-6-17(22)24-9-13/h3-7,9,11,16,23H,8,10H2,1-2H3,(H2,22,24)(H,25,28)(H,26,27)/t11?,16-/m0/s1. The summed E-state index contributed by atoms with van der Waals surface area (Å²) >= 11 is 12.0. The number of nitrogen functional groups attached to an aromatic ring is 1. The molecular weight excluding hydrogens is 401 g/mol. The van der Waals surface area contributed by atoms with Crippen molar-refractivity contribution in [3.8, 4) is 0 Å². The van der Waals surface area contributed by atoms with Crippen molar-refractivity contribution in [1.82, 2.24) is 20.9 Å². The lowest BCUT2D eigenvalue weighted by molar-refractivity contribution is -0.129. The fraction of sp³-hybridized carbons (Fsp3) is 0.316. The Morgan fingerprint density at radius 3 is 2.43 bits per heavy atom. The Kier molecular flexibility index (Phi) is 8.04. The quantitative estimate of drug-likeness (QED) is 0.518. The van der Waals surface area contributed by atoms with Gasteiger partial charge >= 0.3 is 0 Å². The Balaban J connectivity index is 2.11. The molecule has 0 aliphatic rings. The van der Waals surface area contributed by atoms with Gasteiger partial charge in [-0.1, -0.05) is 35.3 Å². The van der Waals surface area contributed by atoms with Crippen LogP contribution in [0.4, 0.5) is 5.82 Å². The van der Waals surface area contributed by atoms with Gasteiger partial charge in [-0.25, -0.2) is 4.98 Å². The van der Waals surface area contributed by atoms with Crippen LogP contribution in [0.1, 0.15) is 18.1 Å². The largest absolute Gasteiger partial charge is 0.384 e. The number of benzene rings is 1. The molecule has 0 fully saturated rings. The highest BCUT2D eigenvalue weighted by Gasteiger charge is 2.23. The molecule has 0 spiro atoms. The second-order valence-corrected chi connectivity index (χ2v) is 7.15. The number of amides is 2. The van der Waals surface area contributed by atoms with Gasteiger partial charge in [0.25, 0.3) is 0 Å². The van der Waals surface area contributed by atoms with Gasteiger partial charge in [0.1, 0.15) is 11.9 Å². The predicted octanol–water partition coefficient (Wildman–Crippen LogP) is 1.92. The van der Waals surface area contributed by atoms with Crippen LogP contribution in [0.5, 0.6) is 0 Å². The second-order valence-electron chi connectivity index (χ2n) is 6.33. The van der Waals surface area contributed by atoms with Crippen molar-refractivity contribution in [2.24, 2.45) is 0 Å². The number of aromatic nitrogens is 1. The van der Waals surface area contributed by atoms with E-state index in [1.54, 1.807) is 50.5 Å². The van der Waals surface area contributed by atoms with Gasteiger partial charge in [-0.3, -0.25) is 9.59 Å². The van der Waals surface area contributed by atoms with E-state index >= 15 is 0 Å². The van der Waals surface area contributed by atoms with Gasteiger partial charge in [0.15, 0.2) is 0 Å². The van der Waals surface area contributed by atoms with Crippen LogP contribution in [-0.2, 0) is 22.6 Å². The average Bonchev–Trinajstić information content (AvgIpc) is 2.68. The molecule has 2 rings (SSSR count). The number of anilines is 1. The normalized spacial score (nSPS) is 12.9. The van der Waals surface area contributed by atoms with Crippen LogP contribution >= 0.6 is 23.2 Å². The van der Waals surface area contributed by atoms with E-state index < -0.39 is 12.1 Å². The van der Waals surface area contributed by atoms with E-state index in [9.17, 15) is 9.59 Å². The molecule has 0 bridgehead atoms. The summed E-state index contributed by atoms with van der Waals surface area (Å²) in [6.45, 7) is 1.98. The Morgan fingerprint density at radius 2 is 1.82 bits per heavy atom. The maximum absolute atomic E-state index is 12.7. The molecule has 0 radical (unpaired) electrons. The van der Waals surface area contributed by atoms with Gasteiger partial charge in [-0.05, 0) is 43.3 Å². The van der Waals surface area contributed by atoms with Crippen LogP contribution in [0, 0.1) is 0 Å². The van der Waals surface area contributed by atoms with Crippen molar-refractivity contribution in [2.45, 2.75) is 32.0 Å². The zero-order valence-electron chi connectivity index (χ0n) is 15.6. The van der Waals surface area contributed by atoms with Crippen LogP contribution < -0.4 is 21.7 Å². The first-order valence-electron chi connectivity index (χ1n) is 8.70. The summed E-state index contributed by atoms with van der Waals surface area (Å²) in [4.78, 5) is 29.0. The summed E-state index contributed by atoms with van der Waals surface area (Å²) in [5.41, 5.74) is 7.14. The lowest BCUT2D eigenvalue weighted by atomic mass is 10.0. The first-order valence-corrected chi connectivity index (χ1v) is 9.45. The molecule has 1 aromatic carbocycles. The molecule has 0 saturated heterocycles. The summed E-state index contributed by atoms with van der Waals surface area (Å²) in [5.74, 6) is -0.197. The van der Waals surface area contributed by atoms with E-state index in [-0.39, 0.29) is 24.8 Å². The van der Waals surface area contributed by atoms with E-state index in [1.165, 1.54) is 0 Å².